The van der Waals surface area contributed by atoms with Crippen LogP contribution in [0.3, 0.4) is 0 Å². The molecular formula is C19H16N2O5. The lowest BCUT2D eigenvalue weighted by Gasteiger charge is -2.22. The van der Waals surface area contributed by atoms with Crippen LogP contribution in [-0.4, -0.2) is 35.8 Å². The number of hydrogen-bond acceptors (Lipinski definition) is 7. The van der Waals surface area contributed by atoms with Crippen LogP contribution in [0.1, 0.15) is 31.8 Å². The van der Waals surface area contributed by atoms with Crippen molar-refractivity contribution in [3.8, 4) is 5.75 Å². The summed E-state index contributed by atoms with van der Waals surface area (Å²) in [5.74, 6) is -1.74. The number of carbonyl (C=O) groups is 3. The molecule has 0 atom stereocenters. The number of carbonyl (C=O) groups excluding carboxylic acids is 3. The van der Waals surface area contributed by atoms with Gasteiger partial charge >= 0.3 is 5.97 Å². The Labute approximate surface area is 149 Å². The minimum absolute atomic E-state index is 0.0474. The Morgan fingerprint density at radius 1 is 1.15 bits per heavy atom. The lowest BCUT2D eigenvalue weighted by Crippen LogP contribution is -2.24. The van der Waals surface area contributed by atoms with E-state index in [9.17, 15) is 19.5 Å². The summed E-state index contributed by atoms with van der Waals surface area (Å²) in [6.07, 6.45) is 1.05. The summed E-state index contributed by atoms with van der Waals surface area (Å²) in [6.45, 7) is 3.59. The Hall–Kier alpha value is -3.61. The molecule has 4 N–H and O–H groups in total. The molecule has 2 aromatic rings. The molecule has 0 saturated heterocycles. The van der Waals surface area contributed by atoms with Gasteiger partial charge in [-0.05, 0) is 18.2 Å². The summed E-state index contributed by atoms with van der Waals surface area (Å²) in [5, 5.41) is 13.0. The molecule has 7 nitrogen and oxygen atoms in total. The summed E-state index contributed by atoms with van der Waals surface area (Å²) >= 11 is 0. The molecule has 1 aliphatic rings. The van der Waals surface area contributed by atoms with Crippen molar-refractivity contribution in [2.24, 2.45) is 0 Å². The van der Waals surface area contributed by atoms with Crippen LogP contribution in [0.5, 0.6) is 5.75 Å². The molecule has 0 unspecified atom stereocenters. The molecule has 132 valence electrons. The summed E-state index contributed by atoms with van der Waals surface area (Å²) in [4.78, 5) is 36.8. The molecule has 2 aromatic carbocycles. The number of benzene rings is 2. The predicted molar refractivity (Wildman–Crippen MR) is 95.5 cm³/mol. The van der Waals surface area contributed by atoms with Gasteiger partial charge in [-0.25, -0.2) is 4.79 Å². The van der Waals surface area contributed by atoms with E-state index in [1.165, 1.54) is 24.3 Å². The molecule has 1 aliphatic carbocycles. The number of nitrogen functional groups attached to an aromatic ring is 1. The van der Waals surface area contributed by atoms with Gasteiger partial charge in [-0.15, -0.1) is 0 Å². The summed E-state index contributed by atoms with van der Waals surface area (Å²) in [7, 11) is 0. The molecule has 0 saturated carbocycles. The van der Waals surface area contributed by atoms with Crippen LogP contribution in [0.2, 0.25) is 0 Å². The first kappa shape index (κ1) is 17.2. The molecular weight excluding hydrogens is 336 g/mol. The fourth-order valence-electron chi connectivity index (χ4n) is 2.87. The summed E-state index contributed by atoms with van der Waals surface area (Å²) < 4.78 is 4.87. The van der Waals surface area contributed by atoms with Crippen LogP contribution in [0.4, 0.5) is 11.4 Å². The van der Waals surface area contributed by atoms with Gasteiger partial charge in [-0.2, -0.15) is 0 Å². The first-order valence-corrected chi connectivity index (χ1v) is 7.82. The van der Waals surface area contributed by atoms with Crippen LogP contribution >= 0.6 is 0 Å². The highest BCUT2D eigenvalue weighted by atomic mass is 16.5. The number of ether oxygens (including phenoxy) is 1. The van der Waals surface area contributed by atoms with E-state index in [1.54, 1.807) is 6.07 Å². The van der Waals surface area contributed by atoms with E-state index in [1.807, 2.05) is 0 Å². The number of phenols is 1. The molecule has 0 heterocycles. The van der Waals surface area contributed by atoms with E-state index in [0.29, 0.717) is 5.69 Å². The second kappa shape index (κ2) is 6.72. The van der Waals surface area contributed by atoms with Crippen LogP contribution < -0.4 is 11.1 Å². The number of rotatable bonds is 5. The van der Waals surface area contributed by atoms with Gasteiger partial charge < -0.3 is 20.9 Å². The smallest absolute Gasteiger partial charge is 0.330 e. The molecule has 7 heteroatoms. The zero-order chi connectivity index (χ0) is 18.8. The maximum absolute atomic E-state index is 12.9. The Kier molecular flexibility index (Phi) is 4.45. The SMILES string of the molecule is C=CC(=O)OCCNc1ccc(N)c2c1C(=O)c1cccc(O)c1C2=O. The molecule has 0 aliphatic heterocycles. The molecule has 26 heavy (non-hydrogen) atoms. The number of aromatic hydroxyl groups is 1. The summed E-state index contributed by atoms with van der Waals surface area (Å²) in [6, 6.07) is 7.42. The zero-order valence-corrected chi connectivity index (χ0v) is 13.7. The number of nitrogens with two attached hydrogens (primary N) is 1. The van der Waals surface area contributed by atoms with Crippen molar-refractivity contribution in [3.63, 3.8) is 0 Å². The van der Waals surface area contributed by atoms with E-state index in [2.05, 4.69) is 11.9 Å². The monoisotopic (exact) mass is 352 g/mol. The van der Waals surface area contributed by atoms with Gasteiger partial charge in [0.15, 0.2) is 11.6 Å². The van der Waals surface area contributed by atoms with Crippen molar-refractivity contribution < 1.29 is 24.2 Å². The van der Waals surface area contributed by atoms with Gasteiger partial charge in [0, 0.05) is 29.6 Å². The molecule has 0 amide bonds. The third-order valence-electron chi connectivity index (χ3n) is 4.03. The summed E-state index contributed by atoms with van der Waals surface area (Å²) in [5.41, 5.74) is 6.73. The van der Waals surface area contributed by atoms with E-state index in [-0.39, 0.29) is 46.8 Å². The van der Waals surface area contributed by atoms with E-state index in [4.69, 9.17) is 10.5 Å². The third-order valence-corrected chi connectivity index (χ3v) is 4.03. The van der Waals surface area contributed by atoms with Gasteiger partial charge in [-0.3, -0.25) is 9.59 Å². The fraction of sp³-hybridized carbons (Fsp3) is 0.105. The minimum Gasteiger partial charge on any atom is -0.507 e. The van der Waals surface area contributed by atoms with Crippen LogP contribution in [0.25, 0.3) is 0 Å². The number of ketones is 2. The second-order valence-corrected chi connectivity index (χ2v) is 5.61. The Balaban J connectivity index is 1.97. The number of anilines is 2. The van der Waals surface area contributed by atoms with Crippen LogP contribution in [0, 0.1) is 0 Å². The van der Waals surface area contributed by atoms with Gasteiger partial charge in [0.2, 0.25) is 0 Å². The van der Waals surface area contributed by atoms with Crippen LogP contribution in [0.15, 0.2) is 43.0 Å². The molecule has 0 bridgehead atoms. The third kappa shape index (κ3) is 2.79. The number of fused-ring (bicyclic) bond motifs is 2. The second-order valence-electron chi connectivity index (χ2n) is 5.61. The zero-order valence-electron chi connectivity index (χ0n) is 13.7. The number of phenolic OH excluding ortho intramolecular Hbond substituents is 1. The highest BCUT2D eigenvalue weighted by molar-refractivity contribution is 6.32. The molecule has 0 spiro atoms. The normalized spacial score (nSPS) is 12.2. The Bertz CT molecular complexity index is 949. The highest BCUT2D eigenvalue weighted by Gasteiger charge is 2.35. The maximum Gasteiger partial charge on any atom is 0.330 e. The van der Waals surface area contributed by atoms with Crippen molar-refractivity contribution >= 4 is 28.9 Å². The quantitative estimate of drug-likeness (QED) is 0.278. The molecule has 0 fully saturated rings. The minimum atomic E-state index is -0.554. The Morgan fingerprint density at radius 3 is 2.65 bits per heavy atom. The number of hydrogen-bond donors (Lipinski definition) is 3. The standard InChI is InChI=1S/C19H16N2O5/c1-2-14(23)26-9-8-21-12-7-6-11(20)16-17(12)18(24)10-4-3-5-13(22)15(10)19(16)25/h2-7,21-22H,1,8-9,20H2. The lowest BCUT2D eigenvalue weighted by atomic mass is 9.82. The first-order valence-electron chi connectivity index (χ1n) is 7.82. The van der Waals surface area contributed by atoms with Gasteiger partial charge in [0.25, 0.3) is 0 Å². The van der Waals surface area contributed by atoms with E-state index < -0.39 is 17.5 Å². The molecule has 0 aromatic heterocycles. The topological polar surface area (TPSA) is 119 Å². The molecule has 3 rings (SSSR count). The van der Waals surface area contributed by atoms with Gasteiger partial charge in [0.05, 0.1) is 16.7 Å². The number of nitrogens with one attached hydrogen (secondary N) is 1. The van der Waals surface area contributed by atoms with Crippen molar-refractivity contribution in [1.82, 2.24) is 0 Å². The highest BCUT2D eigenvalue weighted by Crippen LogP contribution is 2.38. The number of esters is 1. The predicted octanol–water partition coefficient (Wildman–Crippen LogP) is 1.89. The lowest BCUT2D eigenvalue weighted by molar-refractivity contribution is -0.137. The fourth-order valence-corrected chi connectivity index (χ4v) is 2.87. The Morgan fingerprint density at radius 2 is 1.92 bits per heavy atom. The average Bonchev–Trinajstić information content (AvgIpc) is 2.63. The van der Waals surface area contributed by atoms with Crippen molar-refractivity contribution in [1.29, 1.82) is 0 Å². The largest absolute Gasteiger partial charge is 0.507 e. The van der Waals surface area contributed by atoms with Crippen LogP contribution in [-0.2, 0) is 9.53 Å². The van der Waals surface area contributed by atoms with Crippen molar-refractivity contribution in [2.45, 2.75) is 0 Å². The van der Waals surface area contributed by atoms with Crippen molar-refractivity contribution in [2.75, 3.05) is 24.2 Å². The average molecular weight is 352 g/mol. The first-order chi connectivity index (χ1) is 12.5. The molecule has 0 radical (unpaired) electrons. The maximum atomic E-state index is 12.9. The van der Waals surface area contributed by atoms with Crippen molar-refractivity contribution in [3.05, 3.63) is 65.2 Å². The van der Waals surface area contributed by atoms with E-state index >= 15 is 0 Å². The van der Waals surface area contributed by atoms with Gasteiger partial charge in [-0.1, -0.05) is 18.7 Å². The van der Waals surface area contributed by atoms with E-state index in [0.717, 1.165) is 6.08 Å². The van der Waals surface area contributed by atoms with Gasteiger partial charge in [0.1, 0.15) is 12.4 Å².